The number of methoxy groups -OCH3 is 1. The quantitative estimate of drug-likeness (QED) is 0.669. The summed E-state index contributed by atoms with van der Waals surface area (Å²) in [6.07, 6.45) is 1.31. The van der Waals surface area contributed by atoms with E-state index in [1.165, 1.54) is 0 Å². The van der Waals surface area contributed by atoms with Gasteiger partial charge in [0.15, 0.2) is 6.04 Å². The number of rotatable bonds is 8. The van der Waals surface area contributed by atoms with Crippen LogP contribution in [0.25, 0.3) is 0 Å². The van der Waals surface area contributed by atoms with Crippen LogP contribution < -0.4 is 5.32 Å². The number of esters is 1. The van der Waals surface area contributed by atoms with Crippen molar-refractivity contribution in [2.45, 2.75) is 45.3 Å². The Labute approximate surface area is 173 Å². The minimum atomic E-state index is -0.896. The molecule has 1 aromatic rings. The summed E-state index contributed by atoms with van der Waals surface area (Å²) in [6, 6.07) is 8.18. The van der Waals surface area contributed by atoms with Gasteiger partial charge < -0.3 is 24.4 Å². The van der Waals surface area contributed by atoms with Crippen molar-refractivity contribution in [2.75, 3.05) is 40.0 Å². The normalized spacial score (nSPS) is 16.8. The number of alkyl carbamates (subject to hydrolysis) is 1. The molecule has 29 heavy (non-hydrogen) atoms. The first-order valence-electron chi connectivity index (χ1n) is 10.2. The molecule has 2 rings (SSSR count). The van der Waals surface area contributed by atoms with Gasteiger partial charge in [0.1, 0.15) is 5.60 Å². The van der Waals surface area contributed by atoms with Crippen LogP contribution in [0, 0.1) is 5.92 Å². The molecule has 162 valence electrons. The van der Waals surface area contributed by atoms with E-state index in [0.29, 0.717) is 18.1 Å². The SMILES string of the molecule is COCCN1CCC(COC(=O)C(NC(=O)OC(C)(C)C)c2ccccc2)CC1. The lowest BCUT2D eigenvalue weighted by Gasteiger charge is -2.31. The van der Waals surface area contributed by atoms with Gasteiger partial charge in [-0.25, -0.2) is 9.59 Å². The minimum Gasteiger partial charge on any atom is -0.464 e. The lowest BCUT2D eigenvalue weighted by molar-refractivity contribution is -0.148. The molecule has 1 heterocycles. The van der Waals surface area contributed by atoms with E-state index in [2.05, 4.69) is 10.2 Å². The Balaban J connectivity index is 1.90. The summed E-state index contributed by atoms with van der Waals surface area (Å²) in [6.45, 7) is 9.31. The van der Waals surface area contributed by atoms with Crippen LogP contribution in [0.2, 0.25) is 0 Å². The Morgan fingerprint density at radius 3 is 2.41 bits per heavy atom. The second-order valence-corrected chi connectivity index (χ2v) is 8.40. The van der Waals surface area contributed by atoms with Gasteiger partial charge in [-0.3, -0.25) is 0 Å². The first-order valence-corrected chi connectivity index (χ1v) is 10.2. The van der Waals surface area contributed by atoms with Gasteiger partial charge >= 0.3 is 12.1 Å². The highest BCUT2D eigenvalue weighted by molar-refractivity contribution is 5.82. The summed E-state index contributed by atoms with van der Waals surface area (Å²) in [4.78, 5) is 27.4. The maximum Gasteiger partial charge on any atom is 0.408 e. The minimum absolute atomic E-state index is 0.329. The average molecular weight is 407 g/mol. The number of benzene rings is 1. The van der Waals surface area contributed by atoms with E-state index in [0.717, 1.165) is 39.1 Å². The van der Waals surface area contributed by atoms with Gasteiger partial charge in [-0.05, 0) is 58.2 Å². The van der Waals surface area contributed by atoms with Crippen molar-refractivity contribution in [3.8, 4) is 0 Å². The van der Waals surface area contributed by atoms with E-state index in [1.807, 2.05) is 18.2 Å². The molecule has 1 aliphatic rings. The lowest BCUT2D eigenvalue weighted by Crippen LogP contribution is -2.40. The standard InChI is InChI=1S/C22H34N2O5/c1-22(2,3)29-21(26)23-19(18-8-6-5-7-9-18)20(25)28-16-17-10-12-24(13-11-17)14-15-27-4/h5-9,17,19H,10-16H2,1-4H3,(H,23,26). The van der Waals surface area contributed by atoms with Crippen LogP contribution in [0.15, 0.2) is 30.3 Å². The second-order valence-electron chi connectivity index (χ2n) is 8.40. The molecular formula is C22H34N2O5. The van der Waals surface area contributed by atoms with Gasteiger partial charge in [-0.15, -0.1) is 0 Å². The molecule has 7 heteroatoms. The van der Waals surface area contributed by atoms with Crippen molar-refractivity contribution in [1.29, 1.82) is 0 Å². The average Bonchev–Trinajstić information content (AvgIpc) is 2.69. The van der Waals surface area contributed by atoms with Crippen LogP contribution in [0.1, 0.15) is 45.2 Å². The number of hydrogen-bond donors (Lipinski definition) is 1. The fourth-order valence-electron chi connectivity index (χ4n) is 3.23. The predicted octanol–water partition coefficient (Wildman–Crippen LogP) is 3.15. The molecule has 1 unspecified atom stereocenters. The number of carbonyl (C=O) groups is 2. The number of likely N-dealkylation sites (tertiary alicyclic amines) is 1. The number of hydrogen-bond acceptors (Lipinski definition) is 6. The Morgan fingerprint density at radius 2 is 1.83 bits per heavy atom. The van der Waals surface area contributed by atoms with Gasteiger partial charge in [0.25, 0.3) is 0 Å². The molecule has 1 aliphatic heterocycles. The number of amides is 1. The third-order valence-corrected chi connectivity index (χ3v) is 4.81. The molecule has 1 amide bonds. The molecule has 1 aromatic carbocycles. The van der Waals surface area contributed by atoms with Gasteiger partial charge in [0.2, 0.25) is 0 Å². The zero-order valence-corrected chi connectivity index (χ0v) is 18.0. The highest BCUT2D eigenvalue weighted by Gasteiger charge is 2.28. The van der Waals surface area contributed by atoms with Crippen LogP contribution in [0.4, 0.5) is 4.79 Å². The molecule has 0 saturated carbocycles. The van der Waals surface area contributed by atoms with Crippen molar-refractivity contribution in [3.05, 3.63) is 35.9 Å². The molecule has 1 fully saturated rings. The zero-order chi connectivity index (χ0) is 21.3. The first kappa shape index (κ1) is 23.2. The van der Waals surface area contributed by atoms with E-state index in [4.69, 9.17) is 14.2 Å². The fourth-order valence-corrected chi connectivity index (χ4v) is 3.23. The van der Waals surface area contributed by atoms with Crippen molar-refractivity contribution >= 4 is 12.1 Å². The monoisotopic (exact) mass is 406 g/mol. The van der Waals surface area contributed by atoms with E-state index in [-0.39, 0.29) is 0 Å². The van der Waals surface area contributed by atoms with Gasteiger partial charge in [-0.2, -0.15) is 0 Å². The summed E-state index contributed by atoms with van der Waals surface area (Å²) < 4.78 is 16.0. The van der Waals surface area contributed by atoms with Gasteiger partial charge in [-0.1, -0.05) is 30.3 Å². The molecule has 7 nitrogen and oxygen atoms in total. The molecule has 1 N–H and O–H groups in total. The number of carbonyl (C=O) groups excluding carboxylic acids is 2. The maximum atomic E-state index is 12.8. The third kappa shape index (κ3) is 8.41. The van der Waals surface area contributed by atoms with Gasteiger partial charge in [0, 0.05) is 13.7 Å². The Kier molecular flexibility index (Phi) is 8.92. The number of piperidine rings is 1. The molecule has 0 bridgehead atoms. The lowest BCUT2D eigenvalue weighted by atomic mass is 9.98. The van der Waals surface area contributed by atoms with Crippen LogP contribution in [0.3, 0.4) is 0 Å². The number of nitrogens with zero attached hydrogens (tertiary/aromatic N) is 1. The zero-order valence-electron chi connectivity index (χ0n) is 18.0. The molecule has 0 aromatic heterocycles. The molecule has 1 atom stereocenters. The van der Waals surface area contributed by atoms with Crippen molar-refractivity contribution < 1.29 is 23.8 Å². The third-order valence-electron chi connectivity index (χ3n) is 4.81. The van der Waals surface area contributed by atoms with Crippen molar-refractivity contribution in [1.82, 2.24) is 10.2 Å². The first-order chi connectivity index (χ1) is 13.8. The summed E-state index contributed by atoms with van der Waals surface area (Å²) in [5, 5.41) is 2.65. The van der Waals surface area contributed by atoms with Crippen LogP contribution >= 0.6 is 0 Å². The molecule has 0 radical (unpaired) electrons. The molecule has 1 saturated heterocycles. The molecule has 0 spiro atoms. The molecular weight excluding hydrogens is 372 g/mol. The Hall–Kier alpha value is -2.12. The fraction of sp³-hybridized carbons (Fsp3) is 0.636. The second kappa shape index (κ2) is 11.2. The summed E-state index contributed by atoms with van der Waals surface area (Å²) in [7, 11) is 1.71. The van der Waals surface area contributed by atoms with Crippen molar-refractivity contribution in [3.63, 3.8) is 0 Å². The summed E-state index contributed by atoms with van der Waals surface area (Å²) in [5.74, 6) is -0.139. The van der Waals surface area contributed by atoms with E-state index in [1.54, 1.807) is 40.0 Å². The Morgan fingerprint density at radius 1 is 1.17 bits per heavy atom. The summed E-state index contributed by atoms with van der Waals surface area (Å²) >= 11 is 0. The molecule has 0 aliphatic carbocycles. The Bertz CT molecular complexity index is 636. The maximum absolute atomic E-state index is 12.8. The largest absolute Gasteiger partial charge is 0.464 e. The van der Waals surface area contributed by atoms with Crippen LogP contribution in [-0.4, -0.2) is 62.5 Å². The summed E-state index contributed by atoms with van der Waals surface area (Å²) in [5.41, 5.74) is 0.0178. The van der Waals surface area contributed by atoms with Crippen molar-refractivity contribution in [2.24, 2.45) is 5.92 Å². The van der Waals surface area contributed by atoms with E-state index < -0.39 is 23.7 Å². The smallest absolute Gasteiger partial charge is 0.408 e. The highest BCUT2D eigenvalue weighted by Crippen LogP contribution is 2.20. The van der Waals surface area contributed by atoms with E-state index in [9.17, 15) is 9.59 Å². The predicted molar refractivity (Wildman–Crippen MR) is 111 cm³/mol. The van der Waals surface area contributed by atoms with Crippen LogP contribution in [-0.2, 0) is 19.0 Å². The topological polar surface area (TPSA) is 77.1 Å². The highest BCUT2D eigenvalue weighted by atomic mass is 16.6. The van der Waals surface area contributed by atoms with Gasteiger partial charge in [0.05, 0.1) is 13.2 Å². The van der Waals surface area contributed by atoms with Crippen LogP contribution in [0.5, 0.6) is 0 Å². The number of ether oxygens (including phenoxy) is 3. The number of nitrogens with one attached hydrogen (secondary N) is 1. The van der Waals surface area contributed by atoms with E-state index >= 15 is 0 Å².